The van der Waals surface area contributed by atoms with E-state index < -0.39 is 0 Å². The maximum Gasteiger partial charge on any atom is 0.220 e. The number of carbonyl (C=O) groups excluding carboxylic acids is 1. The van der Waals surface area contributed by atoms with Crippen LogP contribution >= 0.6 is 0 Å². The minimum atomic E-state index is 0.0685. The average Bonchev–Trinajstić information content (AvgIpc) is 3.28. The molecule has 1 aromatic heterocycles. The van der Waals surface area contributed by atoms with Crippen LogP contribution in [0.2, 0.25) is 0 Å². The van der Waals surface area contributed by atoms with Crippen LogP contribution < -0.4 is 5.32 Å². The van der Waals surface area contributed by atoms with Gasteiger partial charge < -0.3 is 5.32 Å². The number of likely N-dealkylation sites (tertiary alicyclic amines) is 1. The molecule has 162 valence electrons. The van der Waals surface area contributed by atoms with Crippen LogP contribution in [-0.4, -0.2) is 33.7 Å². The molecule has 0 spiro atoms. The summed E-state index contributed by atoms with van der Waals surface area (Å²) in [5.74, 6) is 0.932. The molecule has 0 unspecified atom stereocenters. The van der Waals surface area contributed by atoms with Crippen molar-refractivity contribution in [3.05, 3.63) is 83.7 Å². The fraction of sp³-hybridized carbons (Fsp3) is 0.385. The van der Waals surface area contributed by atoms with Crippen LogP contribution in [-0.2, 0) is 24.3 Å². The normalized spacial score (nSPS) is 15.1. The van der Waals surface area contributed by atoms with E-state index in [4.69, 9.17) is 0 Å². The van der Waals surface area contributed by atoms with Gasteiger partial charge in [-0.15, -0.1) is 0 Å². The Morgan fingerprint density at radius 3 is 2.45 bits per heavy atom. The molecular formula is C26H32N4O. The summed E-state index contributed by atoms with van der Waals surface area (Å²) in [5.41, 5.74) is 4.58. The number of aromatic nitrogens is 2. The van der Waals surface area contributed by atoms with E-state index in [9.17, 15) is 4.79 Å². The lowest BCUT2D eigenvalue weighted by atomic mass is 9.99. The van der Waals surface area contributed by atoms with Crippen LogP contribution in [0, 0.1) is 5.92 Å². The van der Waals surface area contributed by atoms with E-state index in [0.29, 0.717) is 19.4 Å². The van der Waals surface area contributed by atoms with Crippen molar-refractivity contribution >= 4 is 5.91 Å². The van der Waals surface area contributed by atoms with E-state index in [2.05, 4.69) is 46.5 Å². The molecule has 0 atom stereocenters. The minimum absolute atomic E-state index is 0.0685. The van der Waals surface area contributed by atoms with Crippen molar-refractivity contribution in [3.63, 3.8) is 0 Å². The highest BCUT2D eigenvalue weighted by molar-refractivity contribution is 5.76. The Bertz CT molecular complexity index is 957. The molecule has 1 N–H and O–H groups in total. The molecule has 4 rings (SSSR count). The standard InChI is InChI=1S/C26H32N4O/c1-21-13-15-29(16-14-21)19-23-9-7-22(8-10-23)17-27-26(31)12-11-24-18-28-30(20-24)25-5-3-2-4-6-25/h2-10,18,20-21H,11-17,19H2,1H3,(H,27,31). The van der Waals surface area contributed by atoms with Crippen LogP contribution in [0.1, 0.15) is 42.9 Å². The van der Waals surface area contributed by atoms with Crippen molar-refractivity contribution in [3.8, 4) is 5.69 Å². The van der Waals surface area contributed by atoms with E-state index in [0.717, 1.165) is 29.3 Å². The second kappa shape index (κ2) is 10.4. The van der Waals surface area contributed by atoms with Gasteiger partial charge in [-0.1, -0.05) is 49.4 Å². The van der Waals surface area contributed by atoms with Crippen LogP contribution in [0.25, 0.3) is 5.69 Å². The lowest BCUT2D eigenvalue weighted by molar-refractivity contribution is -0.121. The van der Waals surface area contributed by atoms with Gasteiger partial charge in [0.2, 0.25) is 5.91 Å². The summed E-state index contributed by atoms with van der Waals surface area (Å²) >= 11 is 0. The lowest BCUT2D eigenvalue weighted by Crippen LogP contribution is -2.32. The van der Waals surface area contributed by atoms with Crippen molar-refractivity contribution in [2.75, 3.05) is 13.1 Å². The lowest BCUT2D eigenvalue weighted by Gasteiger charge is -2.30. The number of piperidine rings is 1. The molecule has 31 heavy (non-hydrogen) atoms. The Morgan fingerprint density at radius 1 is 1.00 bits per heavy atom. The van der Waals surface area contributed by atoms with E-state index in [1.165, 1.54) is 31.5 Å². The third-order valence-electron chi connectivity index (χ3n) is 6.09. The number of aryl methyl sites for hydroxylation is 1. The number of para-hydroxylation sites is 1. The number of rotatable bonds is 8. The number of carbonyl (C=O) groups is 1. The van der Waals surface area contributed by atoms with Gasteiger partial charge in [0.15, 0.2) is 0 Å². The van der Waals surface area contributed by atoms with Crippen molar-refractivity contribution in [2.45, 2.75) is 45.7 Å². The molecule has 1 aliphatic rings. The SMILES string of the molecule is CC1CCN(Cc2ccc(CNC(=O)CCc3cnn(-c4ccccc4)c3)cc2)CC1. The van der Waals surface area contributed by atoms with Gasteiger partial charge in [0.1, 0.15) is 0 Å². The molecule has 1 amide bonds. The van der Waals surface area contributed by atoms with Gasteiger partial charge in [0, 0.05) is 25.7 Å². The molecule has 5 heteroatoms. The summed E-state index contributed by atoms with van der Waals surface area (Å²) in [6, 6.07) is 18.6. The largest absolute Gasteiger partial charge is 0.352 e. The Hall–Kier alpha value is -2.92. The molecule has 2 aromatic carbocycles. The summed E-state index contributed by atoms with van der Waals surface area (Å²) in [7, 11) is 0. The van der Waals surface area contributed by atoms with Gasteiger partial charge in [-0.3, -0.25) is 9.69 Å². The molecule has 2 heterocycles. The highest BCUT2D eigenvalue weighted by Gasteiger charge is 2.15. The first-order valence-electron chi connectivity index (χ1n) is 11.3. The Labute approximate surface area is 185 Å². The smallest absolute Gasteiger partial charge is 0.220 e. The van der Waals surface area contributed by atoms with Crippen LogP contribution in [0.4, 0.5) is 0 Å². The second-order valence-electron chi connectivity index (χ2n) is 8.68. The number of nitrogens with one attached hydrogen (secondary N) is 1. The van der Waals surface area contributed by atoms with Crippen molar-refractivity contribution in [1.29, 1.82) is 0 Å². The highest BCUT2D eigenvalue weighted by atomic mass is 16.1. The predicted octanol–water partition coefficient (Wildman–Crippen LogP) is 4.35. The van der Waals surface area contributed by atoms with Crippen LogP contribution in [0.5, 0.6) is 0 Å². The first-order chi connectivity index (χ1) is 15.2. The number of hydrogen-bond acceptors (Lipinski definition) is 3. The predicted molar refractivity (Wildman–Crippen MR) is 124 cm³/mol. The molecule has 1 saturated heterocycles. The monoisotopic (exact) mass is 416 g/mol. The molecule has 0 saturated carbocycles. The molecule has 1 aliphatic heterocycles. The summed E-state index contributed by atoms with van der Waals surface area (Å²) in [6.45, 7) is 6.34. The van der Waals surface area contributed by atoms with Gasteiger partial charge in [-0.2, -0.15) is 5.10 Å². The number of amides is 1. The van der Waals surface area contributed by atoms with Crippen molar-refractivity contribution < 1.29 is 4.79 Å². The van der Waals surface area contributed by atoms with Gasteiger partial charge in [-0.05, 0) is 67.1 Å². The Balaban J connectivity index is 1.19. The molecule has 5 nitrogen and oxygen atoms in total. The molecular weight excluding hydrogens is 384 g/mol. The van der Waals surface area contributed by atoms with Gasteiger partial charge in [0.05, 0.1) is 11.9 Å². The van der Waals surface area contributed by atoms with Crippen LogP contribution in [0.3, 0.4) is 0 Å². The average molecular weight is 417 g/mol. The van der Waals surface area contributed by atoms with Gasteiger partial charge >= 0.3 is 0 Å². The molecule has 1 fully saturated rings. The molecule has 0 aliphatic carbocycles. The third kappa shape index (κ3) is 6.28. The van der Waals surface area contributed by atoms with Crippen LogP contribution in [0.15, 0.2) is 67.0 Å². The Kier molecular flexibility index (Phi) is 7.15. The zero-order valence-electron chi connectivity index (χ0n) is 18.3. The first-order valence-corrected chi connectivity index (χ1v) is 11.3. The summed E-state index contributed by atoms with van der Waals surface area (Å²) < 4.78 is 1.85. The maximum atomic E-state index is 12.3. The number of benzene rings is 2. The third-order valence-corrected chi connectivity index (χ3v) is 6.09. The highest BCUT2D eigenvalue weighted by Crippen LogP contribution is 2.18. The van der Waals surface area contributed by atoms with Crippen molar-refractivity contribution in [2.24, 2.45) is 5.92 Å². The molecule has 3 aromatic rings. The summed E-state index contributed by atoms with van der Waals surface area (Å²) in [5, 5.41) is 7.43. The van der Waals surface area contributed by atoms with Gasteiger partial charge in [-0.25, -0.2) is 4.68 Å². The fourth-order valence-corrected chi connectivity index (χ4v) is 4.00. The van der Waals surface area contributed by atoms with Gasteiger partial charge in [0.25, 0.3) is 0 Å². The zero-order valence-corrected chi connectivity index (χ0v) is 18.3. The summed E-state index contributed by atoms with van der Waals surface area (Å²) in [6.07, 6.45) is 7.58. The van der Waals surface area contributed by atoms with E-state index in [-0.39, 0.29) is 5.91 Å². The zero-order chi connectivity index (χ0) is 21.5. The van der Waals surface area contributed by atoms with Crippen molar-refractivity contribution in [1.82, 2.24) is 20.0 Å². The number of nitrogens with zero attached hydrogens (tertiary/aromatic N) is 3. The summed E-state index contributed by atoms with van der Waals surface area (Å²) in [4.78, 5) is 14.8. The number of hydrogen-bond donors (Lipinski definition) is 1. The fourth-order valence-electron chi connectivity index (χ4n) is 4.00. The maximum absolute atomic E-state index is 12.3. The Morgan fingerprint density at radius 2 is 1.71 bits per heavy atom. The first kappa shape index (κ1) is 21.3. The second-order valence-corrected chi connectivity index (χ2v) is 8.68. The molecule has 0 radical (unpaired) electrons. The molecule has 0 bridgehead atoms. The quantitative estimate of drug-likeness (QED) is 0.594. The van der Waals surface area contributed by atoms with E-state index >= 15 is 0 Å². The van der Waals surface area contributed by atoms with E-state index in [1.807, 2.05) is 47.4 Å². The van der Waals surface area contributed by atoms with E-state index in [1.54, 1.807) is 0 Å². The minimum Gasteiger partial charge on any atom is -0.352 e. The topological polar surface area (TPSA) is 50.2 Å².